The van der Waals surface area contributed by atoms with Gasteiger partial charge in [-0.05, 0) is 25.1 Å². The minimum Gasteiger partial charge on any atom is -0.399 e. The number of aliphatic hydroxyl groups excluding tert-OH is 1. The van der Waals surface area contributed by atoms with E-state index in [0.717, 1.165) is 0 Å². The largest absolute Gasteiger partial charge is 0.399 e. The fourth-order valence-corrected chi connectivity index (χ4v) is 2.34. The van der Waals surface area contributed by atoms with Gasteiger partial charge >= 0.3 is 0 Å². The summed E-state index contributed by atoms with van der Waals surface area (Å²) in [5.41, 5.74) is 5.86. The first-order valence-corrected chi connectivity index (χ1v) is 5.93. The van der Waals surface area contributed by atoms with Crippen LogP contribution in [0.2, 0.25) is 0 Å². The fourth-order valence-electron chi connectivity index (χ4n) is 1.05. The second kappa shape index (κ2) is 4.61. The van der Waals surface area contributed by atoms with Crippen molar-refractivity contribution >= 4 is 15.7 Å². The molecule has 1 atom stereocenters. The van der Waals surface area contributed by atoms with Gasteiger partial charge in [-0.25, -0.2) is 13.1 Å². The maximum Gasteiger partial charge on any atom is 0.240 e. The third-order valence-electron chi connectivity index (χ3n) is 1.80. The van der Waals surface area contributed by atoms with E-state index < -0.39 is 16.1 Å². The highest BCUT2D eigenvalue weighted by Crippen LogP contribution is 2.12. The summed E-state index contributed by atoms with van der Waals surface area (Å²) in [4.78, 5) is 0.0998. The number of hydrogen-bond donors (Lipinski definition) is 3. The Hall–Kier alpha value is -1.11. The highest BCUT2D eigenvalue weighted by Gasteiger charge is 2.16. The minimum absolute atomic E-state index is 0.0998. The van der Waals surface area contributed by atoms with Crippen molar-refractivity contribution in [3.8, 4) is 0 Å². The van der Waals surface area contributed by atoms with Gasteiger partial charge in [0.2, 0.25) is 10.0 Å². The average Bonchev–Trinajstić information content (AvgIpc) is 2.17. The number of nitrogens with two attached hydrogens (primary N) is 1. The van der Waals surface area contributed by atoms with Gasteiger partial charge in [0.05, 0.1) is 11.5 Å². The number of aliphatic hydroxyl groups is 1. The van der Waals surface area contributed by atoms with E-state index in [4.69, 9.17) is 10.8 Å². The number of sulfonamides is 1. The Morgan fingerprint density at radius 2 is 2.20 bits per heavy atom. The van der Waals surface area contributed by atoms with Gasteiger partial charge in [0, 0.05) is 11.7 Å². The van der Waals surface area contributed by atoms with E-state index in [1.165, 1.54) is 12.1 Å². The molecule has 0 bridgehead atoms. The third kappa shape index (κ3) is 3.19. The summed E-state index contributed by atoms with van der Waals surface area (Å²) in [7, 11) is -3.58. The quantitative estimate of drug-likeness (QED) is 0.631. The highest BCUT2D eigenvalue weighted by atomic mass is 32.2. The minimum atomic E-state index is -3.58. The molecule has 0 amide bonds. The lowest BCUT2D eigenvalue weighted by atomic mass is 10.3. The van der Waals surface area contributed by atoms with Gasteiger partial charge in [0.1, 0.15) is 0 Å². The van der Waals surface area contributed by atoms with E-state index in [0.29, 0.717) is 5.69 Å². The summed E-state index contributed by atoms with van der Waals surface area (Å²) < 4.78 is 25.7. The Morgan fingerprint density at radius 3 is 2.73 bits per heavy atom. The highest BCUT2D eigenvalue weighted by molar-refractivity contribution is 7.89. The zero-order valence-corrected chi connectivity index (χ0v) is 9.16. The van der Waals surface area contributed by atoms with Crippen LogP contribution >= 0.6 is 0 Å². The molecular formula is C9H14N2O3S. The Bertz CT molecular complexity index is 431. The Kier molecular flexibility index (Phi) is 3.67. The lowest BCUT2D eigenvalue weighted by Crippen LogP contribution is -2.34. The maximum atomic E-state index is 11.7. The number of nitrogen functional groups attached to an aromatic ring is 1. The van der Waals surface area contributed by atoms with Crippen LogP contribution in [0.15, 0.2) is 29.2 Å². The Labute approximate surface area is 89.0 Å². The number of nitrogens with one attached hydrogen (secondary N) is 1. The standard InChI is InChI=1S/C9H14N2O3S/c1-7(6-12)11-15(13,14)9-4-2-3-8(10)5-9/h2-5,7,11-12H,6,10H2,1H3/t7-/m1/s1. The van der Waals surface area contributed by atoms with Crippen molar-refractivity contribution in [3.05, 3.63) is 24.3 Å². The number of hydrogen-bond acceptors (Lipinski definition) is 4. The van der Waals surface area contributed by atoms with Crippen molar-refractivity contribution in [1.29, 1.82) is 0 Å². The molecule has 0 aliphatic rings. The van der Waals surface area contributed by atoms with E-state index in [2.05, 4.69) is 4.72 Å². The molecule has 0 aliphatic carbocycles. The lowest BCUT2D eigenvalue weighted by Gasteiger charge is -2.11. The molecule has 0 radical (unpaired) electrons. The van der Waals surface area contributed by atoms with E-state index in [9.17, 15) is 8.42 Å². The first-order valence-electron chi connectivity index (χ1n) is 4.44. The summed E-state index contributed by atoms with van der Waals surface area (Å²) in [5.74, 6) is 0. The molecule has 4 N–H and O–H groups in total. The fraction of sp³-hybridized carbons (Fsp3) is 0.333. The Morgan fingerprint density at radius 1 is 1.53 bits per heavy atom. The first kappa shape index (κ1) is 12.0. The molecule has 15 heavy (non-hydrogen) atoms. The van der Waals surface area contributed by atoms with Gasteiger partial charge in [0.15, 0.2) is 0 Å². The monoisotopic (exact) mass is 230 g/mol. The van der Waals surface area contributed by atoms with Gasteiger partial charge in [-0.3, -0.25) is 0 Å². The van der Waals surface area contributed by atoms with Crippen LogP contribution in [0.25, 0.3) is 0 Å². The molecule has 1 rings (SSSR count). The molecule has 0 unspecified atom stereocenters. The van der Waals surface area contributed by atoms with Crippen LogP contribution in [0, 0.1) is 0 Å². The van der Waals surface area contributed by atoms with Gasteiger partial charge in [-0.2, -0.15) is 0 Å². The molecule has 1 aromatic carbocycles. The van der Waals surface area contributed by atoms with Crippen LogP contribution < -0.4 is 10.5 Å². The molecule has 0 aromatic heterocycles. The van der Waals surface area contributed by atoms with E-state index in [-0.39, 0.29) is 11.5 Å². The molecule has 84 valence electrons. The summed E-state index contributed by atoms with van der Waals surface area (Å²) in [6.07, 6.45) is 0. The van der Waals surface area contributed by atoms with Crippen molar-refractivity contribution < 1.29 is 13.5 Å². The first-order chi connectivity index (χ1) is 6.95. The predicted molar refractivity (Wildman–Crippen MR) is 57.7 cm³/mol. The molecule has 6 heteroatoms. The number of benzene rings is 1. The van der Waals surface area contributed by atoms with Gasteiger partial charge in [-0.1, -0.05) is 6.07 Å². The molecule has 0 heterocycles. The van der Waals surface area contributed by atoms with Crippen LogP contribution in [0.3, 0.4) is 0 Å². The van der Waals surface area contributed by atoms with Gasteiger partial charge in [0.25, 0.3) is 0 Å². The SMILES string of the molecule is C[C@H](CO)NS(=O)(=O)c1cccc(N)c1. The number of rotatable bonds is 4. The topological polar surface area (TPSA) is 92.4 Å². The molecular weight excluding hydrogens is 216 g/mol. The van der Waals surface area contributed by atoms with Crippen molar-refractivity contribution in [2.24, 2.45) is 0 Å². The average molecular weight is 230 g/mol. The molecule has 0 aliphatic heterocycles. The number of anilines is 1. The van der Waals surface area contributed by atoms with Crippen molar-refractivity contribution in [2.45, 2.75) is 17.9 Å². The maximum absolute atomic E-state index is 11.7. The predicted octanol–water partition coefficient (Wildman–Crippen LogP) is -0.0721. The van der Waals surface area contributed by atoms with Crippen molar-refractivity contribution in [3.63, 3.8) is 0 Å². The molecule has 1 aromatic rings. The third-order valence-corrected chi connectivity index (χ3v) is 3.39. The summed E-state index contributed by atoms with van der Waals surface area (Å²) >= 11 is 0. The van der Waals surface area contributed by atoms with Crippen LogP contribution in [-0.4, -0.2) is 26.2 Å². The molecule has 0 spiro atoms. The molecule has 0 saturated carbocycles. The summed E-state index contributed by atoms with van der Waals surface area (Å²) in [5, 5.41) is 8.75. The second-order valence-electron chi connectivity index (χ2n) is 3.28. The zero-order chi connectivity index (χ0) is 11.5. The zero-order valence-electron chi connectivity index (χ0n) is 8.34. The van der Waals surface area contributed by atoms with E-state index in [1.54, 1.807) is 19.1 Å². The van der Waals surface area contributed by atoms with Crippen LogP contribution in [0.1, 0.15) is 6.92 Å². The summed E-state index contributed by atoms with van der Waals surface area (Å²) in [6, 6.07) is 5.47. The van der Waals surface area contributed by atoms with Crippen LogP contribution in [0.5, 0.6) is 0 Å². The normalized spacial score (nSPS) is 13.7. The lowest BCUT2D eigenvalue weighted by molar-refractivity contribution is 0.265. The van der Waals surface area contributed by atoms with Gasteiger partial charge in [-0.15, -0.1) is 0 Å². The second-order valence-corrected chi connectivity index (χ2v) is 4.99. The molecule has 0 fully saturated rings. The van der Waals surface area contributed by atoms with Crippen LogP contribution in [0.4, 0.5) is 5.69 Å². The van der Waals surface area contributed by atoms with E-state index >= 15 is 0 Å². The smallest absolute Gasteiger partial charge is 0.240 e. The van der Waals surface area contributed by atoms with E-state index in [1.807, 2.05) is 0 Å². The van der Waals surface area contributed by atoms with Crippen LogP contribution in [-0.2, 0) is 10.0 Å². The molecule has 5 nitrogen and oxygen atoms in total. The summed E-state index contributed by atoms with van der Waals surface area (Å²) in [6.45, 7) is 1.32. The van der Waals surface area contributed by atoms with Crippen molar-refractivity contribution in [1.82, 2.24) is 4.72 Å². The Balaban J connectivity index is 2.96. The van der Waals surface area contributed by atoms with Gasteiger partial charge < -0.3 is 10.8 Å². The molecule has 0 saturated heterocycles. The van der Waals surface area contributed by atoms with Crippen molar-refractivity contribution in [2.75, 3.05) is 12.3 Å².